The number of aryl methyl sites for hydroxylation is 1. The van der Waals surface area contributed by atoms with E-state index in [0.29, 0.717) is 11.1 Å². The molecular formula is C17H16O3. The smallest absolute Gasteiger partial charge is 0.321 e. The molecule has 0 aromatic heterocycles. The molecule has 3 nitrogen and oxygen atoms in total. The van der Waals surface area contributed by atoms with Crippen LogP contribution in [0.5, 0.6) is 0 Å². The van der Waals surface area contributed by atoms with Crippen LogP contribution in [0.3, 0.4) is 0 Å². The van der Waals surface area contributed by atoms with Crippen molar-refractivity contribution in [3.05, 3.63) is 71.3 Å². The van der Waals surface area contributed by atoms with E-state index in [0.717, 1.165) is 5.56 Å². The monoisotopic (exact) mass is 268 g/mol. The van der Waals surface area contributed by atoms with Crippen LogP contribution in [0.4, 0.5) is 0 Å². The Morgan fingerprint density at radius 1 is 0.950 bits per heavy atom. The molecule has 0 saturated carbocycles. The molecule has 0 spiro atoms. The van der Waals surface area contributed by atoms with E-state index in [1.54, 1.807) is 36.4 Å². The average Bonchev–Trinajstić information content (AvgIpc) is 2.49. The zero-order valence-corrected chi connectivity index (χ0v) is 11.5. The Balaban J connectivity index is 2.39. The maximum absolute atomic E-state index is 12.6. The summed E-state index contributed by atoms with van der Waals surface area (Å²) in [6.07, 6.45) is 0. The fraction of sp³-hybridized carbons (Fsp3) is 0.176. The van der Waals surface area contributed by atoms with E-state index < -0.39 is 11.9 Å². The Kier molecular flexibility index (Phi) is 4.31. The van der Waals surface area contributed by atoms with Crippen molar-refractivity contribution in [1.29, 1.82) is 0 Å². The highest BCUT2D eigenvalue weighted by Crippen LogP contribution is 2.22. The molecule has 2 aromatic rings. The number of carbonyl (C=O) groups excluding carboxylic acids is 2. The Morgan fingerprint density at radius 3 is 2.10 bits per heavy atom. The normalized spacial score (nSPS) is 11.7. The van der Waals surface area contributed by atoms with Crippen molar-refractivity contribution in [2.75, 3.05) is 7.11 Å². The van der Waals surface area contributed by atoms with Gasteiger partial charge in [-0.25, -0.2) is 0 Å². The van der Waals surface area contributed by atoms with Crippen molar-refractivity contribution < 1.29 is 14.3 Å². The van der Waals surface area contributed by atoms with Crippen molar-refractivity contribution in [3.8, 4) is 0 Å². The van der Waals surface area contributed by atoms with Crippen molar-refractivity contribution in [2.45, 2.75) is 12.8 Å². The van der Waals surface area contributed by atoms with Crippen molar-refractivity contribution in [2.24, 2.45) is 0 Å². The largest absolute Gasteiger partial charge is 0.468 e. The van der Waals surface area contributed by atoms with Crippen molar-refractivity contribution in [1.82, 2.24) is 0 Å². The first-order valence-corrected chi connectivity index (χ1v) is 6.37. The minimum absolute atomic E-state index is 0.247. The van der Waals surface area contributed by atoms with Gasteiger partial charge >= 0.3 is 5.97 Å². The third kappa shape index (κ3) is 2.94. The SMILES string of the molecule is COC(=O)C(C(=O)c1ccc(C)cc1)c1ccccc1. The highest BCUT2D eigenvalue weighted by atomic mass is 16.5. The molecule has 1 unspecified atom stereocenters. The number of hydrogen-bond donors (Lipinski definition) is 0. The van der Waals surface area contributed by atoms with E-state index in [9.17, 15) is 9.59 Å². The molecule has 0 bridgehead atoms. The van der Waals surface area contributed by atoms with Crippen LogP contribution in [0.2, 0.25) is 0 Å². The van der Waals surface area contributed by atoms with Gasteiger partial charge in [0.15, 0.2) is 5.78 Å². The molecular weight excluding hydrogens is 252 g/mol. The van der Waals surface area contributed by atoms with Crippen LogP contribution >= 0.6 is 0 Å². The molecule has 0 aliphatic carbocycles. The minimum Gasteiger partial charge on any atom is -0.468 e. The second-order valence-corrected chi connectivity index (χ2v) is 4.60. The predicted octanol–water partition coefficient (Wildman–Crippen LogP) is 3.13. The van der Waals surface area contributed by atoms with Gasteiger partial charge in [0.2, 0.25) is 0 Å². The molecule has 0 aliphatic heterocycles. The molecule has 0 amide bonds. The van der Waals surface area contributed by atoms with Gasteiger partial charge in [0.25, 0.3) is 0 Å². The first kappa shape index (κ1) is 14.0. The number of rotatable bonds is 4. The van der Waals surface area contributed by atoms with E-state index in [-0.39, 0.29) is 5.78 Å². The van der Waals surface area contributed by atoms with Gasteiger partial charge in [-0.1, -0.05) is 60.2 Å². The Hall–Kier alpha value is -2.42. The molecule has 0 N–H and O–H groups in total. The summed E-state index contributed by atoms with van der Waals surface area (Å²) in [5.74, 6) is -1.70. The average molecular weight is 268 g/mol. The Morgan fingerprint density at radius 2 is 1.55 bits per heavy atom. The lowest BCUT2D eigenvalue weighted by atomic mass is 9.90. The van der Waals surface area contributed by atoms with Crippen molar-refractivity contribution >= 4 is 11.8 Å². The summed E-state index contributed by atoms with van der Waals surface area (Å²) in [6, 6.07) is 16.1. The number of ether oxygens (including phenoxy) is 1. The fourth-order valence-corrected chi connectivity index (χ4v) is 2.04. The summed E-state index contributed by atoms with van der Waals surface area (Å²) in [6.45, 7) is 1.95. The lowest BCUT2D eigenvalue weighted by Crippen LogP contribution is -2.23. The quantitative estimate of drug-likeness (QED) is 0.486. The second kappa shape index (κ2) is 6.15. The van der Waals surface area contributed by atoms with Crippen LogP contribution in [0.15, 0.2) is 54.6 Å². The molecule has 0 fully saturated rings. The van der Waals surface area contributed by atoms with Gasteiger partial charge in [-0.3, -0.25) is 9.59 Å². The summed E-state index contributed by atoms with van der Waals surface area (Å²) < 4.78 is 4.77. The zero-order chi connectivity index (χ0) is 14.5. The van der Waals surface area contributed by atoms with E-state index >= 15 is 0 Å². The van der Waals surface area contributed by atoms with Gasteiger partial charge in [0.1, 0.15) is 5.92 Å². The lowest BCUT2D eigenvalue weighted by Gasteiger charge is -2.14. The number of hydrogen-bond acceptors (Lipinski definition) is 3. The topological polar surface area (TPSA) is 43.4 Å². The summed E-state index contributed by atoms with van der Waals surface area (Å²) >= 11 is 0. The molecule has 2 aromatic carbocycles. The highest BCUT2D eigenvalue weighted by molar-refractivity contribution is 6.12. The van der Waals surface area contributed by atoms with Gasteiger partial charge in [-0.2, -0.15) is 0 Å². The first-order chi connectivity index (χ1) is 9.63. The molecule has 0 heterocycles. The molecule has 102 valence electrons. The Labute approximate surface area is 118 Å². The van der Waals surface area contributed by atoms with Crippen LogP contribution in [0.1, 0.15) is 27.4 Å². The molecule has 0 saturated heterocycles. The summed E-state index contributed by atoms with van der Waals surface area (Å²) in [7, 11) is 1.29. The number of Topliss-reactive ketones (excluding diaryl/α,β-unsaturated/α-hetero) is 1. The van der Waals surface area contributed by atoms with E-state index in [1.165, 1.54) is 7.11 Å². The summed E-state index contributed by atoms with van der Waals surface area (Å²) in [5.41, 5.74) is 2.22. The third-order valence-corrected chi connectivity index (χ3v) is 3.17. The van der Waals surface area contributed by atoms with Gasteiger partial charge in [0, 0.05) is 5.56 Å². The number of ketones is 1. The molecule has 3 heteroatoms. The number of carbonyl (C=O) groups is 2. The van der Waals surface area contributed by atoms with E-state index in [1.807, 2.05) is 25.1 Å². The van der Waals surface area contributed by atoms with Crippen LogP contribution in [-0.4, -0.2) is 18.9 Å². The summed E-state index contributed by atoms with van der Waals surface area (Å²) in [5, 5.41) is 0. The van der Waals surface area contributed by atoms with E-state index in [4.69, 9.17) is 4.74 Å². The molecule has 2 rings (SSSR count). The first-order valence-electron chi connectivity index (χ1n) is 6.37. The maximum atomic E-state index is 12.6. The van der Waals surface area contributed by atoms with Gasteiger partial charge in [0.05, 0.1) is 7.11 Å². The lowest BCUT2D eigenvalue weighted by molar-refractivity contribution is -0.141. The Bertz CT molecular complexity index is 600. The summed E-state index contributed by atoms with van der Waals surface area (Å²) in [4.78, 5) is 24.5. The molecule has 1 atom stereocenters. The predicted molar refractivity (Wildman–Crippen MR) is 76.7 cm³/mol. The molecule has 20 heavy (non-hydrogen) atoms. The second-order valence-electron chi connectivity index (χ2n) is 4.60. The van der Waals surface area contributed by atoms with Crippen LogP contribution in [-0.2, 0) is 9.53 Å². The number of benzene rings is 2. The molecule has 0 aliphatic rings. The van der Waals surface area contributed by atoms with Gasteiger partial charge in [-0.15, -0.1) is 0 Å². The van der Waals surface area contributed by atoms with Gasteiger partial charge in [-0.05, 0) is 12.5 Å². The van der Waals surface area contributed by atoms with Crippen molar-refractivity contribution in [3.63, 3.8) is 0 Å². The maximum Gasteiger partial charge on any atom is 0.321 e. The van der Waals surface area contributed by atoms with Gasteiger partial charge < -0.3 is 4.74 Å². The fourth-order valence-electron chi connectivity index (χ4n) is 2.04. The van der Waals surface area contributed by atoms with Crippen LogP contribution < -0.4 is 0 Å². The standard InChI is InChI=1S/C17H16O3/c1-12-8-10-14(11-9-12)16(18)15(17(19)20-2)13-6-4-3-5-7-13/h3-11,15H,1-2H3. The highest BCUT2D eigenvalue weighted by Gasteiger charge is 2.30. The number of methoxy groups -OCH3 is 1. The van der Waals surface area contributed by atoms with Crippen LogP contribution in [0.25, 0.3) is 0 Å². The third-order valence-electron chi connectivity index (χ3n) is 3.17. The minimum atomic E-state index is -0.913. The number of esters is 1. The zero-order valence-electron chi connectivity index (χ0n) is 11.5. The van der Waals surface area contributed by atoms with E-state index in [2.05, 4.69) is 0 Å². The molecule has 0 radical (unpaired) electrons. The van der Waals surface area contributed by atoms with Crippen LogP contribution in [0, 0.1) is 6.92 Å².